The number of hydrogen-bond donors (Lipinski definition) is 1. The van der Waals surface area contributed by atoms with Crippen molar-refractivity contribution in [2.24, 2.45) is 0 Å². The quantitative estimate of drug-likeness (QED) is 0.761. The minimum atomic E-state index is -1.67. The predicted octanol–water partition coefficient (Wildman–Crippen LogP) is 5.30. The van der Waals surface area contributed by atoms with Crippen LogP contribution in [0.5, 0.6) is 0 Å². The molecule has 0 unspecified atom stereocenters. The van der Waals surface area contributed by atoms with Crippen LogP contribution in [0.2, 0.25) is 23.2 Å². The second-order valence-electron chi connectivity index (χ2n) is 7.26. The highest BCUT2D eigenvalue weighted by atomic mass is 35.5. The Balaban J connectivity index is 1.96. The van der Waals surface area contributed by atoms with Gasteiger partial charge in [0.2, 0.25) is 0 Å². The summed E-state index contributed by atoms with van der Waals surface area (Å²) >= 11 is 6.03. The molecule has 0 radical (unpaired) electrons. The molecule has 4 heteroatoms. The van der Waals surface area contributed by atoms with Gasteiger partial charge < -0.3 is 9.74 Å². The van der Waals surface area contributed by atoms with E-state index in [9.17, 15) is 0 Å². The number of nitrogens with one attached hydrogen (secondary N) is 1. The van der Waals surface area contributed by atoms with Gasteiger partial charge in [-0.1, -0.05) is 38.4 Å². The highest BCUT2D eigenvalue weighted by Crippen LogP contribution is 2.40. The summed E-state index contributed by atoms with van der Waals surface area (Å²) in [6, 6.07) is 8.34. The summed E-state index contributed by atoms with van der Waals surface area (Å²) in [5.41, 5.74) is 1.09. The fraction of sp³-hybridized carbons (Fsp3) is 0.625. The first-order valence-corrected chi connectivity index (χ1v) is 10.7. The Morgan fingerprint density at radius 3 is 2.45 bits per heavy atom. The Bertz CT molecular complexity index is 470. The number of hydrogen-bond acceptors (Lipinski definition) is 2. The van der Waals surface area contributed by atoms with Gasteiger partial charge in [0, 0.05) is 10.7 Å². The van der Waals surface area contributed by atoms with Crippen LogP contribution in [-0.2, 0) is 4.43 Å². The van der Waals surface area contributed by atoms with E-state index < -0.39 is 8.32 Å². The average molecular weight is 312 g/mol. The highest BCUT2D eigenvalue weighted by Gasteiger charge is 2.43. The molecule has 0 bridgehead atoms. The number of rotatable bonds is 4. The molecule has 1 fully saturated rings. The van der Waals surface area contributed by atoms with E-state index >= 15 is 0 Å². The third kappa shape index (κ3) is 3.57. The van der Waals surface area contributed by atoms with Gasteiger partial charge in [-0.25, -0.2) is 0 Å². The molecule has 1 saturated carbocycles. The standard InChI is InChI=1S/C16H26ClNOSi/c1-16(2,3)20(4,5)19-15-10-9-14(15)18-13-8-6-7-12(17)11-13/h6-8,11,14-15,18H,9-10H2,1-5H3/t14-,15-/m0/s1. The smallest absolute Gasteiger partial charge is 0.192 e. The number of benzene rings is 1. The molecule has 2 nitrogen and oxygen atoms in total. The molecule has 1 aromatic rings. The summed E-state index contributed by atoms with van der Waals surface area (Å²) < 4.78 is 6.50. The molecule has 0 aliphatic heterocycles. The molecule has 0 heterocycles. The zero-order valence-electron chi connectivity index (χ0n) is 13.2. The normalized spacial score (nSPS) is 23.3. The van der Waals surface area contributed by atoms with E-state index in [1.807, 2.05) is 18.2 Å². The fourth-order valence-corrected chi connectivity index (χ4v) is 3.71. The van der Waals surface area contributed by atoms with Gasteiger partial charge in [-0.05, 0) is 49.2 Å². The van der Waals surface area contributed by atoms with Crippen LogP contribution in [0.1, 0.15) is 33.6 Å². The Hall–Kier alpha value is -0.513. The van der Waals surface area contributed by atoms with Gasteiger partial charge in [0.1, 0.15) is 0 Å². The lowest BCUT2D eigenvalue weighted by molar-refractivity contribution is 0.0881. The van der Waals surface area contributed by atoms with Crippen LogP contribution in [0.3, 0.4) is 0 Å². The molecule has 0 amide bonds. The lowest BCUT2D eigenvalue weighted by atomic mass is 9.89. The maximum atomic E-state index is 6.50. The third-order valence-corrected chi connectivity index (χ3v) is 9.38. The van der Waals surface area contributed by atoms with Crippen LogP contribution >= 0.6 is 11.6 Å². The van der Waals surface area contributed by atoms with Crippen molar-refractivity contribution in [1.82, 2.24) is 0 Å². The van der Waals surface area contributed by atoms with Crippen molar-refractivity contribution >= 4 is 25.6 Å². The Morgan fingerprint density at radius 2 is 1.95 bits per heavy atom. The first-order valence-electron chi connectivity index (χ1n) is 7.39. The zero-order valence-corrected chi connectivity index (χ0v) is 14.9. The van der Waals surface area contributed by atoms with E-state index in [0.717, 1.165) is 17.1 Å². The maximum Gasteiger partial charge on any atom is 0.192 e. The minimum Gasteiger partial charge on any atom is -0.412 e. The Kier molecular flexibility index (Phi) is 4.52. The van der Waals surface area contributed by atoms with Crippen molar-refractivity contribution in [3.05, 3.63) is 29.3 Å². The van der Waals surface area contributed by atoms with Gasteiger partial charge in [0.15, 0.2) is 8.32 Å². The van der Waals surface area contributed by atoms with Gasteiger partial charge >= 0.3 is 0 Å². The van der Waals surface area contributed by atoms with Crippen LogP contribution in [0.25, 0.3) is 0 Å². The van der Waals surface area contributed by atoms with Crippen molar-refractivity contribution in [1.29, 1.82) is 0 Å². The largest absolute Gasteiger partial charge is 0.412 e. The SMILES string of the molecule is CC(C)(C)[Si](C)(C)O[C@H]1CC[C@@H]1Nc1cccc(Cl)c1. The van der Waals surface area contributed by atoms with Crippen LogP contribution in [0, 0.1) is 0 Å². The van der Waals surface area contributed by atoms with Crippen molar-refractivity contribution in [2.75, 3.05) is 5.32 Å². The average Bonchev–Trinajstić information content (AvgIpc) is 2.31. The topological polar surface area (TPSA) is 21.3 Å². The summed E-state index contributed by atoms with van der Waals surface area (Å²) in [5.74, 6) is 0. The second kappa shape index (κ2) is 5.70. The van der Waals surface area contributed by atoms with Crippen LogP contribution < -0.4 is 5.32 Å². The zero-order chi connectivity index (χ0) is 15.0. The molecule has 1 aromatic carbocycles. The van der Waals surface area contributed by atoms with Gasteiger partial charge in [0.25, 0.3) is 0 Å². The van der Waals surface area contributed by atoms with E-state index in [1.165, 1.54) is 6.42 Å². The van der Waals surface area contributed by atoms with Crippen molar-refractivity contribution in [3.8, 4) is 0 Å². The van der Waals surface area contributed by atoms with Crippen molar-refractivity contribution in [2.45, 2.75) is 63.9 Å². The van der Waals surface area contributed by atoms with Gasteiger partial charge in [-0.15, -0.1) is 0 Å². The molecular formula is C16H26ClNOSi. The van der Waals surface area contributed by atoms with Crippen LogP contribution in [0.4, 0.5) is 5.69 Å². The summed E-state index contributed by atoms with van der Waals surface area (Å²) in [6.45, 7) is 11.5. The molecule has 0 spiro atoms. The van der Waals surface area contributed by atoms with Gasteiger partial charge in [0.05, 0.1) is 12.1 Å². The molecule has 1 aliphatic carbocycles. The minimum absolute atomic E-state index is 0.267. The van der Waals surface area contributed by atoms with Gasteiger partial charge in [-0.2, -0.15) is 0 Å². The monoisotopic (exact) mass is 311 g/mol. The summed E-state index contributed by atoms with van der Waals surface area (Å²) in [5, 5.41) is 4.60. The van der Waals surface area contributed by atoms with E-state index in [1.54, 1.807) is 0 Å². The maximum absolute atomic E-state index is 6.50. The number of anilines is 1. The summed E-state index contributed by atoms with van der Waals surface area (Å²) in [6.07, 6.45) is 2.67. The second-order valence-corrected chi connectivity index (χ2v) is 12.4. The van der Waals surface area contributed by atoms with E-state index in [-0.39, 0.29) is 5.04 Å². The van der Waals surface area contributed by atoms with E-state index in [0.29, 0.717) is 12.1 Å². The fourth-order valence-electron chi connectivity index (χ4n) is 2.12. The lowest BCUT2D eigenvalue weighted by Crippen LogP contribution is -2.53. The third-order valence-electron chi connectivity index (χ3n) is 4.64. The summed E-state index contributed by atoms with van der Waals surface area (Å²) in [4.78, 5) is 0. The Labute approximate surface area is 129 Å². The first kappa shape index (κ1) is 15.9. The Morgan fingerprint density at radius 1 is 1.25 bits per heavy atom. The molecule has 0 saturated heterocycles. The molecule has 2 atom stereocenters. The first-order chi connectivity index (χ1) is 9.19. The predicted molar refractivity (Wildman–Crippen MR) is 90.2 cm³/mol. The van der Waals surface area contributed by atoms with Crippen molar-refractivity contribution < 1.29 is 4.43 Å². The van der Waals surface area contributed by atoms with Crippen LogP contribution in [-0.4, -0.2) is 20.5 Å². The molecule has 1 aliphatic rings. The van der Waals surface area contributed by atoms with Crippen molar-refractivity contribution in [3.63, 3.8) is 0 Å². The van der Waals surface area contributed by atoms with E-state index in [2.05, 4.69) is 45.2 Å². The molecule has 1 N–H and O–H groups in total. The lowest BCUT2D eigenvalue weighted by Gasteiger charge is -2.46. The molecular weight excluding hydrogens is 286 g/mol. The van der Waals surface area contributed by atoms with Gasteiger partial charge in [-0.3, -0.25) is 0 Å². The molecule has 20 heavy (non-hydrogen) atoms. The molecule has 2 rings (SSSR count). The van der Waals surface area contributed by atoms with E-state index in [4.69, 9.17) is 16.0 Å². The molecule has 0 aromatic heterocycles. The highest BCUT2D eigenvalue weighted by molar-refractivity contribution is 6.74. The van der Waals surface area contributed by atoms with Crippen LogP contribution in [0.15, 0.2) is 24.3 Å². The summed E-state index contributed by atoms with van der Waals surface area (Å²) in [7, 11) is -1.67. The number of halogens is 1. The molecule has 112 valence electrons.